The number of hydrogen-bond donors (Lipinski definition) is 2. The molecule has 0 aromatic rings. The summed E-state index contributed by atoms with van der Waals surface area (Å²) < 4.78 is 5.05. The minimum absolute atomic E-state index is 0.317. The predicted octanol–water partition coefficient (Wildman–Crippen LogP) is 2.15. The van der Waals surface area contributed by atoms with E-state index in [1.807, 2.05) is 4.90 Å². The molecule has 0 aliphatic carbocycles. The van der Waals surface area contributed by atoms with Crippen molar-refractivity contribution in [2.75, 3.05) is 46.4 Å². The summed E-state index contributed by atoms with van der Waals surface area (Å²) in [6.45, 7) is 7.21. The maximum Gasteiger partial charge on any atom is 0.222 e. The molecule has 6 nitrogen and oxygen atoms in total. The fourth-order valence-electron chi connectivity index (χ4n) is 2.82. The van der Waals surface area contributed by atoms with Gasteiger partial charge < -0.3 is 20.3 Å². The van der Waals surface area contributed by atoms with Gasteiger partial charge >= 0.3 is 0 Å². The van der Waals surface area contributed by atoms with Crippen molar-refractivity contribution in [2.24, 2.45) is 4.99 Å². The van der Waals surface area contributed by atoms with Gasteiger partial charge in [0.15, 0.2) is 5.96 Å². The quantitative estimate of drug-likeness (QED) is 0.344. The van der Waals surface area contributed by atoms with E-state index in [1.54, 1.807) is 7.11 Å². The smallest absolute Gasteiger partial charge is 0.222 e. The van der Waals surface area contributed by atoms with Crippen molar-refractivity contribution in [3.05, 3.63) is 0 Å². The second-order valence-corrected chi connectivity index (χ2v) is 6.29. The average molecular weight is 341 g/mol. The lowest BCUT2D eigenvalue weighted by molar-refractivity contribution is -0.130. The number of ether oxygens (including phenoxy) is 1. The molecule has 0 radical (unpaired) electrons. The third-order valence-electron chi connectivity index (χ3n) is 4.19. The molecule has 0 unspecified atom stereocenters. The van der Waals surface area contributed by atoms with Gasteiger partial charge in [-0.25, -0.2) is 0 Å². The van der Waals surface area contributed by atoms with Gasteiger partial charge in [0.1, 0.15) is 0 Å². The lowest BCUT2D eigenvalue weighted by Gasteiger charge is -2.20. The fourth-order valence-corrected chi connectivity index (χ4v) is 2.82. The second-order valence-electron chi connectivity index (χ2n) is 6.29. The van der Waals surface area contributed by atoms with Gasteiger partial charge in [-0.05, 0) is 45.4 Å². The Morgan fingerprint density at radius 1 is 1.17 bits per heavy atom. The molecule has 1 fully saturated rings. The lowest BCUT2D eigenvalue weighted by atomic mass is 10.2. The Kier molecular flexibility index (Phi) is 12.2. The number of nitrogens with zero attached hydrogens (tertiary/aromatic N) is 2. The molecule has 1 heterocycles. The summed E-state index contributed by atoms with van der Waals surface area (Å²) in [5.74, 6) is 1.20. The van der Waals surface area contributed by atoms with E-state index in [4.69, 9.17) is 4.74 Å². The van der Waals surface area contributed by atoms with Crippen LogP contribution in [-0.4, -0.2) is 63.2 Å². The highest BCUT2D eigenvalue weighted by molar-refractivity contribution is 5.79. The number of aliphatic imine (C=N–C) groups is 1. The number of carbonyl (C=O) groups is 1. The standard InChI is InChI=1S/C18H36N4O2/c1-3-19-18(20-12-7-5-9-16-24-2)21-13-10-15-22-14-8-4-6-11-17(22)23/h3-16H2,1-2H3,(H2,19,20,21). The molecule has 140 valence electrons. The largest absolute Gasteiger partial charge is 0.385 e. The van der Waals surface area contributed by atoms with Gasteiger partial charge in [-0.1, -0.05) is 6.42 Å². The number of guanidine groups is 1. The number of rotatable bonds is 11. The molecule has 1 amide bonds. The summed E-state index contributed by atoms with van der Waals surface area (Å²) in [6, 6.07) is 0. The van der Waals surface area contributed by atoms with Crippen molar-refractivity contribution in [3.8, 4) is 0 Å². The van der Waals surface area contributed by atoms with Gasteiger partial charge in [-0.15, -0.1) is 0 Å². The minimum Gasteiger partial charge on any atom is -0.385 e. The Morgan fingerprint density at radius 2 is 2.04 bits per heavy atom. The van der Waals surface area contributed by atoms with Gasteiger partial charge in [0, 0.05) is 52.9 Å². The normalized spacial score (nSPS) is 16.2. The first-order valence-electron chi connectivity index (χ1n) is 9.56. The number of likely N-dealkylation sites (tertiary alicyclic amines) is 1. The first-order chi connectivity index (χ1) is 11.8. The van der Waals surface area contributed by atoms with Crippen molar-refractivity contribution >= 4 is 11.9 Å². The van der Waals surface area contributed by atoms with E-state index < -0.39 is 0 Å². The van der Waals surface area contributed by atoms with Crippen LogP contribution < -0.4 is 10.6 Å². The molecular weight excluding hydrogens is 304 g/mol. The fraction of sp³-hybridized carbons (Fsp3) is 0.889. The van der Waals surface area contributed by atoms with Crippen LogP contribution in [0.1, 0.15) is 58.3 Å². The summed E-state index contributed by atoms with van der Waals surface area (Å²) in [5, 5.41) is 6.65. The SMILES string of the molecule is CCNC(=NCCCN1CCCCCC1=O)NCCCCCOC. The average Bonchev–Trinajstić information content (AvgIpc) is 2.79. The minimum atomic E-state index is 0.317. The molecule has 0 atom stereocenters. The van der Waals surface area contributed by atoms with E-state index in [2.05, 4.69) is 22.5 Å². The van der Waals surface area contributed by atoms with E-state index in [1.165, 1.54) is 6.42 Å². The molecule has 2 N–H and O–H groups in total. The zero-order valence-corrected chi connectivity index (χ0v) is 15.6. The molecule has 0 aromatic carbocycles. The van der Waals surface area contributed by atoms with Gasteiger partial charge in [0.05, 0.1) is 0 Å². The molecule has 24 heavy (non-hydrogen) atoms. The van der Waals surface area contributed by atoms with Crippen LogP contribution in [0.4, 0.5) is 0 Å². The van der Waals surface area contributed by atoms with E-state index in [-0.39, 0.29) is 0 Å². The number of unbranched alkanes of at least 4 members (excludes halogenated alkanes) is 2. The number of hydrogen-bond acceptors (Lipinski definition) is 3. The molecular formula is C18H36N4O2. The summed E-state index contributed by atoms with van der Waals surface area (Å²) in [7, 11) is 1.74. The van der Waals surface area contributed by atoms with Crippen LogP contribution in [0.5, 0.6) is 0 Å². The molecule has 0 aromatic heterocycles. The van der Waals surface area contributed by atoms with Crippen LogP contribution in [0.2, 0.25) is 0 Å². The molecule has 1 saturated heterocycles. The number of methoxy groups -OCH3 is 1. The third-order valence-corrected chi connectivity index (χ3v) is 4.19. The van der Waals surface area contributed by atoms with Gasteiger partial charge in [0.25, 0.3) is 0 Å². The molecule has 1 rings (SSSR count). The van der Waals surface area contributed by atoms with Crippen molar-refractivity contribution in [3.63, 3.8) is 0 Å². The molecule has 6 heteroatoms. The Labute approximate surface area is 147 Å². The number of amides is 1. The van der Waals surface area contributed by atoms with Gasteiger partial charge in [-0.3, -0.25) is 9.79 Å². The lowest BCUT2D eigenvalue weighted by Crippen LogP contribution is -2.38. The van der Waals surface area contributed by atoms with E-state index >= 15 is 0 Å². The molecule has 1 aliphatic rings. The second kappa shape index (κ2) is 14.1. The highest BCUT2D eigenvalue weighted by atomic mass is 16.5. The monoisotopic (exact) mass is 340 g/mol. The molecule has 0 bridgehead atoms. The maximum atomic E-state index is 12.0. The van der Waals surface area contributed by atoms with Crippen LogP contribution in [0.15, 0.2) is 4.99 Å². The van der Waals surface area contributed by atoms with Crippen LogP contribution in [0, 0.1) is 0 Å². The third kappa shape index (κ3) is 9.75. The Hall–Kier alpha value is -1.30. The van der Waals surface area contributed by atoms with E-state index in [0.717, 1.165) is 90.2 Å². The molecule has 1 aliphatic heterocycles. The van der Waals surface area contributed by atoms with Crippen LogP contribution in [-0.2, 0) is 9.53 Å². The van der Waals surface area contributed by atoms with Crippen LogP contribution >= 0.6 is 0 Å². The highest BCUT2D eigenvalue weighted by Crippen LogP contribution is 2.11. The van der Waals surface area contributed by atoms with Gasteiger partial charge in [0.2, 0.25) is 5.91 Å². The Balaban J connectivity index is 2.20. The van der Waals surface area contributed by atoms with Gasteiger partial charge in [-0.2, -0.15) is 0 Å². The Morgan fingerprint density at radius 3 is 2.83 bits per heavy atom. The van der Waals surface area contributed by atoms with Crippen molar-refractivity contribution in [2.45, 2.75) is 58.3 Å². The van der Waals surface area contributed by atoms with E-state index in [0.29, 0.717) is 5.91 Å². The summed E-state index contributed by atoms with van der Waals surface area (Å²) >= 11 is 0. The van der Waals surface area contributed by atoms with Crippen molar-refractivity contribution in [1.82, 2.24) is 15.5 Å². The first kappa shape index (κ1) is 20.7. The zero-order valence-electron chi connectivity index (χ0n) is 15.6. The van der Waals surface area contributed by atoms with Crippen molar-refractivity contribution < 1.29 is 9.53 Å². The summed E-state index contributed by atoms with van der Waals surface area (Å²) in [5.41, 5.74) is 0. The van der Waals surface area contributed by atoms with Crippen LogP contribution in [0.3, 0.4) is 0 Å². The maximum absolute atomic E-state index is 12.0. The van der Waals surface area contributed by atoms with Crippen molar-refractivity contribution in [1.29, 1.82) is 0 Å². The highest BCUT2D eigenvalue weighted by Gasteiger charge is 2.15. The van der Waals surface area contributed by atoms with E-state index in [9.17, 15) is 4.79 Å². The molecule has 0 spiro atoms. The first-order valence-corrected chi connectivity index (χ1v) is 9.56. The summed E-state index contributed by atoms with van der Waals surface area (Å²) in [4.78, 5) is 18.6. The summed E-state index contributed by atoms with van der Waals surface area (Å²) in [6.07, 6.45) is 8.41. The number of carbonyl (C=O) groups excluding carboxylic acids is 1. The molecule has 0 saturated carbocycles. The number of nitrogens with one attached hydrogen (secondary N) is 2. The predicted molar refractivity (Wildman–Crippen MR) is 99.4 cm³/mol. The Bertz CT molecular complexity index is 361. The van der Waals surface area contributed by atoms with Crippen LogP contribution in [0.25, 0.3) is 0 Å². The topological polar surface area (TPSA) is 66.0 Å². The zero-order chi connectivity index (χ0) is 17.5.